The van der Waals surface area contributed by atoms with Crippen molar-refractivity contribution in [2.45, 2.75) is 19.3 Å². The van der Waals surface area contributed by atoms with Crippen molar-refractivity contribution in [1.29, 1.82) is 0 Å². The van der Waals surface area contributed by atoms with Gasteiger partial charge in [0, 0.05) is 36.3 Å². The highest BCUT2D eigenvalue weighted by Crippen LogP contribution is 2.33. The first-order valence-corrected chi connectivity index (χ1v) is 14.8. The lowest BCUT2D eigenvalue weighted by atomic mass is 10.1. The third-order valence-corrected chi connectivity index (χ3v) is 7.76. The van der Waals surface area contributed by atoms with Gasteiger partial charge >= 0.3 is 0 Å². The monoisotopic (exact) mass is 587 g/mol. The van der Waals surface area contributed by atoms with Crippen LogP contribution in [0.1, 0.15) is 24.2 Å². The maximum absolute atomic E-state index is 10.0. The second kappa shape index (κ2) is 12.2. The first-order chi connectivity index (χ1) is 21.6. The van der Waals surface area contributed by atoms with E-state index in [1.54, 1.807) is 12.1 Å². The SMILES string of the molecule is CN(CCCNc1nc(Cc2ccccc2)nc2[nH]c3cc(O)ccc3c12)CCCOc1ncnc2oc3ccccc3c12. The van der Waals surface area contributed by atoms with Gasteiger partial charge in [0.1, 0.15) is 40.3 Å². The van der Waals surface area contributed by atoms with Crippen molar-refractivity contribution in [3.05, 3.63) is 90.5 Å². The molecule has 7 aromatic rings. The van der Waals surface area contributed by atoms with Gasteiger partial charge in [-0.05, 0) is 50.2 Å². The molecule has 0 atom stereocenters. The quantitative estimate of drug-likeness (QED) is 0.141. The summed E-state index contributed by atoms with van der Waals surface area (Å²) in [6, 6.07) is 23.4. The predicted octanol–water partition coefficient (Wildman–Crippen LogP) is 6.30. The Labute approximate surface area is 253 Å². The van der Waals surface area contributed by atoms with Gasteiger partial charge in [0.05, 0.1) is 17.5 Å². The smallest absolute Gasteiger partial charge is 0.234 e. The second-order valence-electron chi connectivity index (χ2n) is 11.0. The van der Waals surface area contributed by atoms with Gasteiger partial charge in [-0.3, -0.25) is 0 Å². The number of hydrogen-bond donors (Lipinski definition) is 3. The topological polar surface area (TPSA) is 125 Å². The summed E-state index contributed by atoms with van der Waals surface area (Å²) in [5, 5.41) is 17.3. The predicted molar refractivity (Wildman–Crippen MR) is 172 cm³/mol. The Morgan fingerprint density at radius 1 is 0.909 bits per heavy atom. The van der Waals surface area contributed by atoms with E-state index in [0.717, 1.165) is 88.0 Å². The molecule has 0 aliphatic rings. The molecule has 7 rings (SSSR count). The molecule has 4 aromatic heterocycles. The third-order valence-electron chi connectivity index (χ3n) is 7.76. The fourth-order valence-corrected chi connectivity index (χ4v) is 5.63. The fourth-order valence-electron chi connectivity index (χ4n) is 5.63. The number of nitrogens with one attached hydrogen (secondary N) is 2. The van der Waals surface area contributed by atoms with E-state index in [4.69, 9.17) is 19.1 Å². The molecule has 0 fully saturated rings. The Kier molecular flexibility index (Phi) is 7.64. The van der Waals surface area contributed by atoms with Crippen LogP contribution in [-0.2, 0) is 6.42 Å². The van der Waals surface area contributed by atoms with Crippen molar-refractivity contribution in [3.8, 4) is 11.6 Å². The maximum Gasteiger partial charge on any atom is 0.234 e. The molecule has 0 saturated carbocycles. The van der Waals surface area contributed by atoms with Crippen LogP contribution < -0.4 is 10.1 Å². The highest BCUT2D eigenvalue weighted by molar-refractivity contribution is 6.11. The minimum absolute atomic E-state index is 0.213. The second-order valence-corrected chi connectivity index (χ2v) is 11.0. The van der Waals surface area contributed by atoms with Gasteiger partial charge in [0.15, 0.2) is 0 Å². The molecule has 0 amide bonds. The van der Waals surface area contributed by atoms with Gasteiger partial charge in [0.2, 0.25) is 11.6 Å². The lowest BCUT2D eigenvalue weighted by Crippen LogP contribution is -2.24. The maximum atomic E-state index is 10.0. The number of anilines is 1. The van der Waals surface area contributed by atoms with Crippen molar-refractivity contribution in [2.75, 3.05) is 38.6 Å². The highest BCUT2D eigenvalue weighted by Gasteiger charge is 2.16. The number of phenolic OH excluding ortho intramolecular Hbond substituents is 1. The fraction of sp³-hybridized carbons (Fsp3) is 0.235. The summed E-state index contributed by atoms with van der Waals surface area (Å²) in [7, 11) is 2.12. The summed E-state index contributed by atoms with van der Waals surface area (Å²) in [5.74, 6) is 2.31. The van der Waals surface area contributed by atoms with Crippen LogP contribution in [0.2, 0.25) is 0 Å². The Morgan fingerprint density at radius 2 is 1.75 bits per heavy atom. The number of benzene rings is 3. The largest absolute Gasteiger partial charge is 0.508 e. The molecule has 44 heavy (non-hydrogen) atoms. The third kappa shape index (κ3) is 5.71. The first-order valence-electron chi connectivity index (χ1n) is 14.8. The first kappa shape index (κ1) is 27.6. The van der Waals surface area contributed by atoms with E-state index >= 15 is 0 Å². The molecule has 0 aliphatic heterocycles. The number of hydrogen-bond acceptors (Lipinski definition) is 9. The van der Waals surface area contributed by atoms with Crippen LogP contribution in [0.25, 0.3) is 44.0 Å². The van der Waals surface area contributed by atoms with Gasteiger partial charge in [-0.2, -0.15) is 0 Å². The summed E-state index contributed by atoms with van der Waals surface area (Å²) in [4.78, 5) is 24.1. The van der Waals surface area contributed by atoms with Crippen LogP contribution in [0.15, 0.2) is 83.5 Å². The van der Waals surface area contributed by atoms with Crippen LogP contribution in [0.5, 0.6) is 11.6 Å². The summed E-state index contributed by atoms with van der Waals surface area (Å²) in [6.07, 6.45) is 3.92. The number of aromatic hydroxyl groups is 1. The Bertz CT molecular complexity index is 2060. The molecule has 3 N–H and O–H groups in total. The molecular weight excluding hydrogens is 554 g/mol. The Hall–Kier alpha value is -5.22. The number of H-pyrrole nitrogens is 1. The molecule has 10 heteroatoms. The number of phenols is 1. The number of fused-ring (bicyclic) bond motifs is 6. The van der Waals surface area contributed by atoms with Gasteiger partial charge in [-0.15, -0.1) is 0 Å². The molecule has 0 radical (unpaired) electrons. The Balaban J connectivity index is 0.959. The van der Waals surface area contributed by atoms with Crippen LogP contribution in [-0.4, -0.2) is 68.2 Å². The number of nitrogens with zero attached hydrogens (tertiary/aromatic N) is 5. The molecular formula is C34H33N7O3. The van der Waals surface area contributed by atoms with E-state index in [2.05, 4.69) is 44.3 Å². The molecule has 0 aliphatic carbocycles. The van der Waals surface area contributed by atoms with Crippen LogP contribution >= 0.6 is 0 Å². The van der Waals surface area contributed by atoms with E-state index in [0.29, 0.717) is 24.6 Å². The number of para-hydroxylation sites is 1. The average Bonchev–Trinajstić information content (AvgIpc) is 3.60. The van der Waals surface area contributed by atoms with Gasteiger partial charge < -0.3 is 29.5 Å². The van der Waals surface area contributed by atoms with Crippen LogP contribution in [0.4, 0.5) is 5.82 Å². The van der Waals surface area contributed by atoms with E-state index in [-0.39, 0.29) is 5.75 Å². The highest BCUT2D eigenvalue weighted by atomic mass is 16.5. The molecule has 0 bridgehead atoms. The number of aromatic amines is 1. The van der Waals surface area contributed by atoms with Crippen molar-refractivity contribution in [3.63, 3.8) is 0 Å². The van der Waals surface area contributed by atoms with Crippen LogP contribution in [0.3, 0.4) is 0 Å². The normalized spacial score (nSPS) is 11.8. The standard InChI is InChI=1S/C34H33N7O3/c1-41(17-8-18-43-33-30-25-11-5-6-12-27(25)44-34(30)37-21-36-33)16-7-15-35-31-29-24-14-13-23(42)20-26(24)38-32(29)40-28(39-31)19-22-9-3-2-4-10-22/h2-6,9-14,20-21,42H,7-8,15-19H2,1H3,(H2,35,38,39,40). The van der Waals surface area contributed by atoms with Crippen molar-refractivity contribution >= 4 is 49.8 Å². The number of rotatable bonds is 12. The lowest BCUT2D eigenvalue weighted by molar-refractivity contribution is 0.258. The zero-order chi connectivity index (χ0) is 29.9. The summed E-state index contributed by atoms with van der Waals surface area (Å²) >= 11 is 0. The molecule has 0 unspecified atom stereocenters. The lowest BCUT2D eigenvalue weighted by Gasteiger charge is -2.17. The molecule has 10 nitrogen and oxygen atoms in total. The summed E-state index contributed by atoms with van der Waals surface area (Å²) in [5.41, 5.74) is 4.06. The zero-order valence-electron chi connectivity index (χ0n) is 24.5. The van der Waals surface area contributed by atoms with E-state index in [1.165, 1.54) is 6.33 Å². The molecule has 4 heterocycles. The summed E-state index contributed by atoms with van der Waals surface area (Å²) < 4.78 is 11.9. The molecule has 0 saturated heterocycles. The summed E-state index contributed by atoms with van der Waals surface area (Å²) in [6.45, 7) is 3.12. The van der Waals surface area contributed by atoms with Gasteiger partial charge in [-0.25, -0.2) is 19.9 Å². The minimum Gasteiger partial charge on any atom is -0.508 e. The number of furan rings is 1. The number of ether oxygens (including phenoxy) is 1. The molecule has 0 spiro atoms. The zero-order valence-corrected chi connectivity index (χ0v) is 24.5. The molecule has 3 aromatic carbocycles. The van der Waals surface area contributed by atoms with Gasteiger partial charge in [0.25, 0.3) is 0 Å². The number of aromatic nitrogens is 5. The van der Waals surface area contributed by atoms with E-state index < -0.39 is 0 Å². The average molecular weight is 588 g/mol. The Morgan fingerprint density at radius 3 is 2.66 bits per heavy atom. The van der Waals surface area contributed by atoms with E-state index in [1.807, 2.05) is 48.5 Å². The minimum atomic E-state index is 0.213. The van der Waals surface area contributed by atoms with Gasteiger partial charge in [-0.1, -0.05) is 48.5 Å². The van der Waals surface area contributed by atoms with Crippen molar-refractivity contribution in [2.24, 2.45) is 0 Å². The van der Waals surface area contributed by atoms with E-state index in [9.17, 15) is 5.11 Å². The molecule has 222 valence electrons. The van der Waals surface area contributed by atoms with Crippen molar-refractivity contribution < 1.29 is 14.3 Å². The van der Waals surface area contributed by atoms with Crippen molar-refractivity contribution in [1.82, 2.24) is 29.8 Å². The van der Waals surface area contributed by atoms with Crippen LogP contribution in [0, 0.1) is 0 Å².